The van der Waals surface area contributed by atoms with E-state index in [1.165, 1.54) is 16.7 Å². The molecule has 1 aliphatic carbocycles. The normalized spacial score (nSPS) is 27.5. The molecule has 0 bridgehead atoms. The van der Waals surface area contributed by atoms with Gasteiger partial charge in [-0.15, -0.1) is 0 Å². The predicted molar refractivity (Wildman–Crippen MR) is 91.9 cm³/mol. The standard InChI is InChI=1S/C20H27NO3/c1-14-10-15(2)12-17(11-14)19(4-5-19)18(22)21-8-6-20(7-9-21)23-13-16(3)24-20/h10-12,16H,4-9,13H2,1-3H3/t16-/m1/s1. The van der Waals surface area contributed by atoms with Crippen LogP contribution in [-0.4, -0.2) is 42.4 Å². The summed E-state index contributed by atoms with van der Waals surface area (Å²) in [6.07, 6.45) is 3.68. The summed E-state index contributed by atoms with van der Waals surface area (Å²) in [5.74, 6) is -0.138. The summed E-state index contributed by atoms with van der Waals surface area (Å²) in [5, 5.41) is 0. The molecular formula is C20H27NO3. The minimum Gasteiger partial charge on any atom is -0.347 e. The van der Waals surface area contributed by atoms with Gasteiger partial charge >= 0.3 is 0 Å². The first kappa shape index (κ1) is 16.1. The number of likely N-dealkylation sites (tertiary alicyclic amines) is 1. The van der Waals surface area contributed by atoms with Crippen molar-refractivity contribution in [1.29, 1.82) is 0 Å². The molecule has 4 rings (SSSR count). The molecule has 4 nitrogen and oxygen atoms in total. The zero-order valence-electron chi connectivity index (χ0n) is 14.9. The number of rotatable bonds is 2. The maximum absolute atomic E-state index is 13.2. The van der Waals surface area contributed by atoms with Gasteiger partial charge in [-0.1, -0.05) is 29.3 Å². The minimum atomic E-state index is -0.438. The van der Waals surface area contributed by atoms with Crippen molar-refractivity contribution in [2.45, 2.75) is 63.8 Å². The second kappa shape index (κ2) is 5.57. The van der Waals surface area contributed by atoms with Crippen molar-refractivity contribution in [2.24, 2.45) is 0 Å². The molecule has 0 unspecified atom stereocenters. The molecular weight excluding hydrogens is 302 g/mol. The third-order valence-corrected chi connectivity index (χ3v) is 5.74. The van der Waals surface area contributed by atoms with Crippen molar-refractivity contribution in [3.8, 4) is 0 Å². The molecule has 0 N–H and O–H groups in total. The molecule has 2 saturated heterocycles. The minimum absolute atomic E-state index is 0.164. The molecule has 1 amide bonds. The number of carbonyl (C=O) groups is 1. The van der Waals surface area contributed by atoms with Crippen molar-refractivity contribution < 1.29 is 14.3 Å². The van der Waals surface area contributed by atoms with E-state index in [0.717, 1.165) is 38.8 Å². The molecule has 0 radical (unpaired) electrons. The summed E-state index contributed by atoms with van der Waals surface area (Å²) in [7, 11) is 0. The molecule has 2 heterocycles. The fraction of sp³-hybridized carbons (Fsp3) is 0.650. The number of aryl methyl sites for hydroxylation is 2. The Kier molecular flexibility index (Phi) is 3.73. The lowest BCUT2D eigenvalue weighted by molar-refractivity contribution is -0.195. The van der Waals surface area contributed by atoms with Crippen LogP contribution in [0.3, 0.4) is 0 Å². The van der Waals surface area contributed by atoms with E-state index in [9.17, 15) is 4.79 Å². The summed E-state index contributed by atoms with van der Waals surface area (Å²) < 4.78 is 11.9. The Hall–Kier alpha value is -1.39. The topological polar surface area (TPSA) is 38.8 Å². The zero-order chi connectivity index (χ0) is 16.9. The van der Waals surface area contributed by atoms with Crippen LogP contribution in [0.5, 0.6) is 0 Å². The van der Waals surface area contributed by atoms with E-state index in [4.69, 9.17) is 9.47 Å². The first-order valence-electron chi connectivity index (χ1n) is 9.12. The van der Waals surface area contributed by atoms with Crippen LogP contribution < -0.4 is 0 Å². The highest BCUT2D eigenvalue weighted by molar-refractivity contribution is 5.91. The van der Waals surface area contributed by atoms with Crippen molar-refractivity contribution >= 4 is 5.91 Å². The quantitative estimate of drug-likeness (QED) is 0.837. The zero-order valence-corrected chi connectivity index (χ0v) is 14.9. The van der Waals surface area contributed by atoms with Gasteiger partial charge < -0.3 is 14.4 Å². The first-order chi connectivity index (χ1) is 11.4. The molecule has 3 aliphatic rings. The third-order valence-electron chi connectivity index (χ3n) is 5.74. The first-order valence-corrected chi connectivity index (χ1v) is 9.12. The van der Waals surface area contributed by atoms with Gasteiger partial charge in [0.25, 0.3) is 0 Å². The summed E-state index contributed by atoms with van der Waals surface area (Å²) in [6.45, 7) is 8.40. The molecule has 130 valence electrons. The van der Waals surface area contributed by atoms with Gasteiger partial charge in [-0.3, -0.25) is 4.79 Å². The van der Waals surface area contributed by atoms with Gasteiger partial charge in [0.1, 0.15) is 0 Å². The highest BCUT2D eigenvalue weighted by atomic mass is 16.7. The Morgan fingerprint density at radius 2 is 1.71 bits per heavy atom. The monoisotopic (exact) mass is 329 g/mol. The van der Waals surface area contributed by atoms with Crippen LogP contribution in [0.1, 0.15) is 49.3 Å². The maximum Gasteiger partial charge on any atom is 0.233 e. The van der Waals surface area contributed by atoms with Crippen LogP contribution in [0.2, 0.25) is 0 Å². The van der Waals surface area contributed by atoms with Crippen LogP contribution in [0.4, 0.5) is 0 Å². The number of ether oxygens (including phenoxy) is 2. The van der Waals surface area contributed by atoms with E-state index in [1.807, 2.05) is 11.8 Å². The molecule has 4 heteroatoms. The van der Waals surface area contributed by atoms with Gasteiger partial charge in [0.2, 0.25) is 5.91 Å². The molecule has 1 spiro atoms. The number of carbonyl (C=O) groups excluding carboxylic acids is 1. The Bertz CT molecular complexity index is 637. The van der Waals surface area contributed by atoms with Crippen LogP contribution in [0.25, 0.3) is 0 Å². The molecule has 1 saturated carbocycles. The Morgan fingerprint density at radius 1 is 1.08 bits per heavy atom. The fourth-order valence-electron chi connectivity index (χ4n) is 4.32. The van der Waals surface area contributed by atoms with E-state index in [-0.39, 0.29) is 11.5 Å². The average Bonchev–Trinajstić information content (AvgIpc) is 3.27. The average molecular weight is 329 g/mol. The van der Waals surface area contributed by atoms with Gasteiger partial charge in [0.15, 0.2) is 5.79 Å². The smallest absolute Gasteiger partial charge is 0.233 e. The fourth-order valence-corrected chi connectivity index (χ4v) is 4.32. The lowest BCUT2D eigenvalue weighted by Gasteiger charge is -2.39. The van der Waals surface area contributed by atoms with Crippen LogP contribution in [0.15, 0.2) is 18.2 Å². The summed E-state index contributed by atoms with van der Waals surface area (Å²) in [5.41, 5.74) is 3.41. The van der Waals surface area contributed by atoms with Crippen molar-refractivity contribution in [3.05, 3.63) is 34.9 Å². The number of hydrogen-bond donors (Lipinski definition) is 0. The van der Waals surface area contributed by atoms with Crippen LogP contribution in [0, 0.1) is 13.8 Å². The summed E-state index contributed by atoms with van der Waals surface area (Å²) >= 11 is 0. The second-order valence-corrected chi connectivity index (χ2v) is 7.90. The molecule has 1 atom stereocenters. The molecule has 3 fully saturated rings. The van der Waals surface area contributed by atoms with Crippen LogP contribution in [-0.2, 0) is 19.7 Å². The molecule has 2 aliphatic heterocycles. The maximum atomic E-state index is 13.2. The van der Waals surface area contributed by atoms with Gasteiger partial charge in [0.05, 0.1) is 18.1 Å². The van der Waals surface area contributed by atoms with Crippen molar-refractivity contribution in [2.75, 3.05) is 19.7 Å². The van der Waals surface area contributed by atoms with Gasteiger partial charge in [-0.25, -0.2) is 0 Å². The third kappa shape index (κ3) is 2.66. The van der Waals surface area contributed by atoms with E-state index >= 15 is 0 Å². The molecule has 0 aromatic heterocycles. The SMILES string of the molecule is Cc1cc(C)cc(C2(C(=O)N3CCC4(CC3)OC[C@@H](C)O4)CC2)c1. The summed E-state index contributed by atoms with van der Waals surface area (Å²) in [4.78, 5) is 15.3. The number of hydrogen-bond acceptors (Lipinski definition) is 3. The molecule has 1 aromatic carbocycles. The number of amides is 1. The number of benzene rings is 1. The predicted octanol–water partition coefficient (Wildman–Crippen LogP) is 3.09. The van der Waals surface area contributed by atoms with Crippen molar-refractivity contribution in [3.63, 3.8) is 0 Å². The van der Waals surface area contributed by atoms with Gasteiger partial charge in [0, 0.05) is 25.9 Å². The highest BCUT2D eigenvalue weighted by Gasteiger charge is 2.54. The Balaban J connectivity index is 1.48. The van der Waals surface area contributed by atoms with E-state index in [2.05, 4.69) is 32.0 Å². The number of nitrogens with zero attached hydrogens (tertiary/aromatic N) is 1. The number of piperidine rings is 1. The Morgan fingerprint density at radius 3 is 2.21 bits per heavy atom. The lowest BCUT2D eigenvalue weighted by atomic mass is 9.90. The second-order valence-electron chi connectivity index (χ2n) is 7.90. The highest BCUT2D eigenvalue weighted by Crippen LogP contribution is 2.50. The summed E-state index contributed by atoms with van der Waals surface area (Å²) in [6, 6.07) is 6.55. The van der Waals surface area contributed by atoms with E-state index in [1.54, 1.807) is 0 Å². The Labute approximate surface area is 144 Å². The lowest BCUT2D eigenvalue weighted by Crippen LogP contribution is -2.50. The van der Waals surface area contributed by atoms with Gasteiger partial charge in [-0.2, -0.15) is 0 Å². The van der Waals surface area contributed by atoms with E-state index < -0.39 is 5.79 Å². The van der Waals surface area contributed by atoms with Crippen molar-refractivity contribution in [1.82, 2.24) is 4.90 Å². The molecule has 1 aromatic rings. The molecule has 24 heavy (non-hydrogen) atoms. The van der Waals surface area contributed by atoms with E-state index in [0.29, 0.717) is 12.5 Å². The van der Waals surface area contributed by atoms with Gasteiger partial charge in [-0.05, 0) is 39.2 Å². The van der Waals surface area contributed by atoms with Crippen LogP contribution >= 0.6 is 0 Å². The largest absolute Gasteiger partial charge is 0.347 e.